The van der Waals surface area contributed by atoms with Gasteiger partial charge in [-0.05, 0) is 44.2 Å². The third kappa shape index (κ3) is 5.88. The molecule has 0 amide bonds. The number of nitrogens with one attached hydrogen (secondary N) is 1. The van der Waals surface area contributed by atoms with E-state index in [1.54, 1.807) is 11.3 Å². The molecule has 0 bridgehead atoms. The van der Waals surface area contributed by atoms with Gasteiger partial charge in [-0.1, -0.05) is 25.4 Å². The fraction of sp³-hybridized carbons (Fsp3) is 0.692. The molecular weight excluding hydrogens is 238 g/mol. The van der Waals surface area contributed by atoms with Crippen molar-refractivity contribution in [2.24, 2.45) is 5.92 Å². The molecule has 1 aromatic heterocycles. The standard InChI is InChI=1S/C13H22ClNS/c1-10(2)4-5-11(3)15-9-8-12-6-7-13(14)16-12/h6-7,10-11,15H,4-5,8-9H2,1-3H3. The first-order valence-corrected chi connectivity index (χ1v) is 7.25. The summed E-state index contributed by atoms with van der Waals surface area (Å²) in [5.41, 5.74) is 0. The molecule has 0 saturated carbocycles. The van der Waals surface area contributed by atoms with Gasteiger partial charge in [0.15, 0.2) is 0 Å². The highest BCUT2D eigenvalue weighted by molar-refractivity contribution is 7.16. The molecule has 1 heterocycles. The van der Waals surface area contributed by atoms with E-state index in [2.05, 4.69) is 32.2 Å². The van der Waals surface area contributed by atoms with Crippen LogP contribution in [0.25, 0.3) is 0 Å². The summed E-state index contributed by atoms with van der Waals surface area (Å²) in [6.07, 6.45) is 3.66. The van der Waals surface area contributed by atoms with Crippen molar-refractivity contribution >= 4 is 22.9 Å². The van der Waals surface area contributed by atoms with Crippen LogP contribution in [0.1, 0.15) is 38.5 Å². The van der Waals surface area contributed by atoms with E-state index >= 15 is 0 Å². The second-order valence-electron chi connectivity index (χ2n) is 4.78. The van der Waals surface area contributed by atoms with Crippen molar-refractivity contribution in [1.82, 2.24) is 5.32 Å². The van der Waals surface area contributed by atoms with Gasteiger partial charge in [-0.25, -0.2) is 0 Å². The van der Waals surface area contributed by atoms with E-state index in [0.717, 1.165) is 23.2 Å². The molecule has 1 N–H and O–H groups in total. The van der Waals surface area contributed by atoms with Crippen molar-refractivity contribution in [2.75, 3.05) is 6.54 Å². The molecule has 0 aliphatic rings. The summed E-state index contributed by atoms with van der Waals surface area (Å²) in [5, 5.41) is 3.56. The Morgan fingerprint density at radius 1 is 1.25 bits per heavy atom. The number of halogens is 1. The molecule has 0 aliphatic carbocycles. The molecule has 0 aromatic carbocycles. The van der Waals surface area contributed by atoms with E-state index < -0.39 is 0 Å². The molecule has 92 valence electrons. The third-order valence-corrected chi connectivity index (χ3v) is 3.96. The Hall–Kier alpha value is -0.0500. The van der Waals surface area contributed by atoms with Crippen LogP contribution in [0.2, 0.25) is 4.34 Å². The molecule has 1 nitrogen and oxygen atoms in total. The van der Waals surface area contributed by atoms with Crippen molar-refractivity contribution in [3.63, 3.8) is 0 Å². The molecule has 1 aromatic rings. The van der Waals surface area contributed by atoms with Crippen molar-refractivity contribution in [1.29, 1.82) is 0 Å². The Morgan fingerprint density at radius 2 is 2.00 bits per heavy atom. The average Bonchev–Trinajstić information content (AvgIpc) is 2.61. The van der Waals surface area contributed by atoms with E-state index in [0.29, 0.717) is 6.04 Å². The summed E-state index contributed by atoms with van der Waals surface area (Å²) in [6, 6.07) is 4.72. The Bertz CT molecular complexity index is 296. The summed E-state index contributed by atoms with van der Waals surface area (Å²) >= 11 is 7.57. The quantitative estimate of drug-likeness (QED) is 0.767. The van der Waals surface area contributed by atoms with Crippen LogP contribution < -0.4 is 5.32 Å². The Morgan fingerprint density at radius 3 is 2.56 bits per heavy atom. The van der Waals surface area contributed by atoms with Crippen molar-refractivity contribution in [3.05, 3.63) is 21.3 Å². The lowest BCUT2D eigenvalue weighted by molar-refractivity contribution is 0.454. The molecule has 1 unspecified atom stereocenters. The Balaban J connectivity index is 2.10. The van der Waals surface area contributed by atoms with Crippen LogP contribution in [-0.2, 0) is 6.42 Å². The normalized spacial score (nSPS) is 13.3. The molecule has 0 spiro atoms. The van der Waals surface area contributed by atoms with E-state index in [9.17, 15) is 0 Å². The minimum Gasteiger partial charge on any atom is -0.314 e. The highest BCUT2D eigenvalue weighted by atomic mass is 35.5. The average molecular weight is 260 g/mol. The molecule has 0 fully saturated rings. The number of rotatable bonds is 7. The SMILES string of the molecule is CC(C)CCC(C)NCCc1ccc(Cl)s1. The second-order valence-corrected chi connectivity index (χ2v) is 6.58. The zero-order chi connectivity index (χ0) is 12.0. The van der Waals surface area contributed by atoms with Crippen molar-refractivity contribution in [3.8, 4) is 0 Å². The smallest absolute Gasteiger partial charge is 0.0931 e. The molecule has 0 radical (unpaired) electrons. The zero-order valence-electron chi connectivity index (χ0n) is 10.4. The maximum Gasteiger partial charge on any atom is 0.0931 e. The fourth-order valence-electron chi connectivity index (χ4n) is 1.61. The van der Waals surface area contributed by atoms with Gasteiger partial charge in [-0.15, -0.1) is 11.3 Å². The first-order valence-electron chi connectivity index (χ1n) is 6.05. The van der Waals surface area contributed by atoms with Gasteiger partial charge < -0.3 is 5.32 Å². The maximum atomic E-state index is 5.88. The predicted molar refractivity (Wildman–Crippen MR) is 74.6 cm³/mol. The number of hydrogen-bond acceptors (Lipinski definition) is 2. The van der Waals surface area contributed by atoms with Gasteiger partial charge in [0, 0.05) is 17.5 Å². The van der Waals surface area contributed by atoms with Crippen molar-refractivity contribution < 1.29 is 0 Å². The summed E-state index contributed by atoms with van der Waals surface area (Å²) in [6.45, 7) is 7.88. The second kappa shape index (κ2) is 7.31. The summed E-state index contributed by atoms with van der Waals surface area (Å²) < 4.78 is 0.892. The lowest BCUT2D eigenvalue weighted by Crippen LogP contribution is -2.28. The van der Waals surface area contributed by atoms with Gasteiger partial charge in [0.2, 0.25) is 0 Å². The van der Waals surface area contributed by atoms with E-state index in [4.69, 9.17) is 11.6 Å². The fourth-order valence-corrected chi connectivity index (χ4v) is 2.70. The van der Waals surface area contributed by atoms with Crippen LogP contribution in [0.4, 0.5) is 0 Å². The first-order chi connectivity index (χ1) is 7.58. The van der Waals surface area contributed by atoms with Crippen LogP contribution in [0, 0.1) is 5.92 Å². The van der Waals surface area contributed by atoms with Gasteiger partial charge in [0.25, 0.3) is 0 Å². The van der Waals surface area contributed by atoms with E-state index in [1.165, 1.54) is 17.7 Å². The molecule has 1 atom stereocenters. The predicted octanol–water partition coefficient (Wildman–Crippen LogP) is 4.36. The monoisotopic (exact) mass is 259 g/mol. The summed E-state index contributed by atoms with van der Waals surface area (Å²) in [4.78, 5) is 1.37. The first kappa shape index (κ1) is 14.0. The minimum absolute atomic E-state index is 0.623. The number of thiophene rings is 1. The van der Waals surface area contributed by atoms with Gasteiger partial charge in [0.05, 0.1) is 4.34 Å². The van der Waals surface area contributed by atoms with Crippen LogP contribution >= 0.6 is 22.9 Å². The molecule has 0 saturated heterocycles. The van der Waals surface area contributed by atoms with Crippen LogP contribution in [-0.4, -0.2) is 12.6 Å². The molecular formula is C13H22ClNS. The third-order valence-electron chi connectivity index (χ3n) is 2.67. The zero-order valence-corrected chi connectivity index (χ0v) is 12.0. The lowest BCUT2D eigenvalue weighted by Gasteiger charge is -2.14. The number of hydrogen-bond donors (Lipinski definition) is 1. The van der Waals surface area contributed by atoms with Crippen LogP contribution in [0.3, 0.4) is 0 Å². The van der Waals surface area contributed by atoms with Crippen molar-refractivity contribution in [2.45, 2.75) is 46.1 Å². The molecule has 0 aliphatic heterocycles. The highest BCUT2D eigenvalue weighted by Gasteiger charge is 2.03. The minimum atomic E-state index is 0.623. The van der Waals surface area contributed by atoms with Gasteiger partial charge >= 0.3 is 0 Å². The van der Waals surface area contributed by atoms with Gasteiger partial charge in [-0.2, -0.15) is 0 Å². The highest BCUT2D eigenvalue weighted by Crippen LogP contribution is 2.21. The summed E-state index contributed by atoms with van der Waals surface area (Å²) in [7, 11) is 0. The molecule has 3 heteroatoms. The molecule has 16 heavy (non-hydrogen) atoms. The lowest BCUT2D eigenvalue weighted by atomic mass is 10.0. The van der Waals surface area contributed by atoms with Gasteiger partial charge in [-0.3, -0.25) is 0 Å². The van der Waals surface area contributed by atoms with E-state index in [1.807, 2.05) is 6.07 Å². The molecule has 1 rings (SSSR count). The maximum absolute atomic E-state index is 5.88. The Labute approximate surface area is 108 Å². The van der Waals surface area contributed by atoms with Crippen LogP contribution in [0.5, 0.6) is 0 Å². The largest absolute Gasteiger partial charge is 0.314 e. The Kier molecular flexibility index (Phi) is 6.40. The van der Waals surface area contributed by atoms with E-state index in [-0.39, 0.29) is 0 Å². The van der Waals surface area contributed by atoms with Gasteiger partial charge in [0.1, 0.15) is 0 Å². The van der Waals surface area contributed by atoms with Crippen LogP contribution in [0.15, 0.2) is 12.1 Å². The topological polar surface area (TPSA) is 12.0 Å². The summed E-state index contributed by atoms with van der Waals surface area (Å²) in [5.74, 6) is 0.806.